The first-order valence-corrected chi connectivity index (χ1v) is 12.7. The molecule has 1 aromatic rings. The number of nitrogens with zero attached hydrogens (tertiary/aromatic N) is 3. The molecule has 39 heavy (non-hydrogen) atoms. The van der Waals surface area contributed by atoms with Gasteiger partial charge >= 0.3 is 5.96 Å². The lowest BCUT2D eigenvalue weighted by atomic mass is 9.84. The summed E-state index contributed by atoms with van der Waals surface area (Å²) in [6, 6.07) is 0.844. The molecule has 6 rings (SSSR count). The van der Waals surface area contributed by atoms with Crippen molar-refractivity contribution < 1.29 is 38.4 Å². The number of aliphatic hydroxyl groups is 2. The number of imide groups is 1. The van der Waals surface area contributed by atoms with Crippen LogP contribution in [0, 0.1) is 0 Å². The number of carbonyl (C=O) groups is 3. The molecule has 2 fully saturated rings. The van der Waals surface area contributed by atoms with Gasteiger partial charge in [-0.15, -0.1) is 0 Å². The van der Waals surface area contributed by atoms with E-state index in [-0.39, 0.29) is 85.6 Å². The molecule has 2 saturated heterocycles. The molecule has 4 heterocycles. The fraction of sp³-hybridized carbons (Fsp3) is 0.542. The van der Waals surface area contributed by atoms with Gasteiger partial charge < -0.3 is 21.3 Å². The maximum Gasteiger partial charge on any atom is 0.343 e. The molecular formula is C24H29F2N8O5+. The molecule has 1 spiro atoms. The minimum Gasteiger partial charge on any atom is -0.370 e. The molecule has 5 aliphatic rings. The first kappa shape index (κ1) is 25.4. The minimum absolute atomic E-state index is 0.0238. The van der Waals surface area contributed by atoms with Gasteiger partial charge in [-0.25, -0.2) is 19.1 Å². The third-order valence-electron chi connectivity index (χ3n) is 8.45. The highest BCUT2D eigenvalue weighted by Crippen LogP contribution is 2.43. The van der Waals surface area contributed by atoms with E-state index in [1.807, 2.05) is 0 Å². The van der Waals surface area contributed by atoms with Crippen molar-refractivity contribution in [2.24, 2.45) is 16.5 Å². The predicted octanol–water partition coefficient (Wildman–Crippen LogP) is -3.88. The molecular weight excluding hydrogens is 518 g/mol. The van der Waals surface area contributed by atoms with E-state index in [9.17, 15) is 33.4 Å². The number of hydrogen-bond donors (Lipinski definition) is 7. The summed E-state index contributed by atoms with van der Waals surface area (Å²) in [5.74, 6) is -7.44. The molecule has 1 aliphatic carbocycles. The zero-order chi connectivity index (χ0) is 27.9. The van der Waals surface area contributed by atoms with Gasteiger partial charge in [0, 0.05) is 30.4 Å². The first-order chi connectivity index (χ1) is 18.4. The van der Waals surface area contributed by atoms with Gasteiger partial charge in [-0.05, 0) is 24.5 Å². The Hall–Kier alpha value is -3.85. The van der Waals surface area contributed by atoms with E-state index in [1.165, 1.54) is 23.1 Å². The number of alkyl halides is 2. The van der Waals surface area contributed by atoms with Crippen molar-refractivity contribution in [2.75, 3.05) is 13.1 Å². The largest absolute Gasteiger partial charge is 0.370 e. The molecule has 9 N–H and O–H groups in total. The number of guanidine groups is 2. The summed E-state index contributed by atoms with van der Waals surface area (Å²) >= 11 is 0. The van der Waals surface area contributed by atoms with E-state index in [1.54, 1.807) is 0 Å². The van der Waals surface area contributed by atoms with Gasteiger partial charge in [-0.1, -0.05) is 12.1 Å². The van der Waals surface area contributed by atoms with Gasteiger partial charge in [0.15, 0.2) is 12.0 Å². The van der Waals surface area contributed by atoms with Crippen LogP contribution in [0.5, 0.6) is 0 Å². The van der Waals surface area contributed by atoms with Crippen LogP contribution in [0.4, 0.5) is 8.78 Å². The number of benzene rings is 1. The summed E-state index contributed by atoms with van der Waals surface area (Å²) in [6.07, 6.45) is 0.317. The van der Waals surface area contributed by atoms with Crippen molar-refractivity contribution in [2.45, 2.75) is 67.6 Å². The van der Waals surface area contributed by atoms with E-state index in [2.05, 4.69) is 20.6 Å². The molecule has 3 amide bonds. The Morgan fingerprint density at radius 2 is 1.92 bits per heavy atom. The van der Waals surface area contributed by atoms with Gasteiger partial charge in [-0.2, -0.15) is 0 Å². The van der Waals surface area contributed by atoms with Crippen molar-refractivity contribution in [1.82, 2.24) is 20.4 Å². The number of fused-ring (bicyclic) bond motifs is 1. The number of hydrogen-bond acceptors (Lipinski definition) is 10. The van der Waals surface area contributed by atoms with Gasteiger partial charge in [0.05, 0.1) is 13.1 Å². The maximum absolute atomic E-state index is 14.5. The van der Waals surface area contributed by atoms with Gasteiger partial charge in [-0.3, -0.25) is 34.9 Å². The van der Waals surface area contributed by atoms with Crippen LogP contribution >= 0.6 is 0 Å². The highest BCUT2D eigenvalue weighted by Gasteiger charge is 2.76. The predicted molar refractivity (Wildman–Crippen MR) is 130 cm³/mol. The van der Waals surface area contributed by atoms with Crippen LogP contribution in [-0.2, 0) is 21.9 Å². The highest BCUT2D eigenvalue weighted by molar-refractivity contribution is 6.02. The van der Waals surface area contributed by atoms with Crippen molar-refractivity contribution in [1.29, 1.82) is 0 Å². The molecule has 15 heteroatoms. The maximum atomic E-state index is 14.5. The summed E-state index contributed by atoms with van der Waals surface area (Å²) in [4.78, 5) is 47.6. The topological polar surface area (TPSA) is 201 Å². The quantitative estimate of drug-likeness (QED) is 0.145. The average Bonchev–Trinajstić information content (AvgIpc) is 3.46. The number of carbonyl (C=O) groups excluding carboxylic acids is 3. The molecule has 0 aromatic heterocycles. The summed E-state index contributed by atoms with van der Waals surface area (Å²) in [7, 11) is 0. The number of nitrogens with one attached hydrogen (secondary N) is 3. The summed E-state index contributed by atoms with van der Waals surface area (Å²) in [5.41, 5.74) is 10.5. The van der Waals surface area contributed by atoms with Crippen LogP contribution in [0.3, 0.4) is 0 Å². The van der Waals surface area contributed by atoms with Gasteiger partial charge in [0.1, 0.15) is 12.1 Å². The Balaban J connectivity index is 1.32. The van der Waals surface area contributed by atoms with Crippen molar-refractivity contribution >= 4 is 29.6 Å². The van der Waals surface area contributed by atoms with E-state index in [0.717, 1.165) is 4.90 Å². The SMILES string of the molecule is NC1=N[C@@H](CN2C(=O)CCC2=O)[C@@H]2[NH+]=C(N)NC23N1CC(NC(=O)c1cccc2c1CCCC2(F)F)C3(O)O. The second-order valence-corrected chi connectivity index (χ2v) is 10.6. The minimum atomic E-state index is -3.06. The van der Waals surface area contributed by atoms with Crippen LogP contribution in [0.2, 0.25) is 0 Å². The van der Waals surface area contributed by atoms with Crippen LogP contribution in [0.15, 0.2) is 23.2 Å². The molecule has 0 radical (unpaired) electrons. The van der Waals surface area contributed by atoms with E-state index >= 15 is 0 Å². The standard InChI is InChI=1S/C24H28F2N8O5/c25-22(26)8-2-4-11-12(3-1-5-13(11)22)19(37)30-15-10-34-21(28)29-14(9-33-16(35)6-7-17(33)36)18-23(34,24(15,38)39)32-20(27)31-18/h1,3,5,14-15,18,38-39H,2,4,6-10H2,(H2,28,29)(H,30,37)(H3,27,31,32)/p+1/t14-,15?,18-,23?/m0/s1. The molecule has 208 valence electrons. The summed E-state index contributed by atoms with van der Waals surface area (Å²) < 4.78 is 29.0. The Bertz CT molecular complexity index is 1330. The number of amides is 3. The van der Waals surface area contributed by atoms with Crippen LogP contribution in [0.1, 0.15) is 47.2 Å². The van der Waals surface area contributed by atoms with E-state index < -0.39 is 41.4 Å². The third kappa shape index (κ3) is 3.52. The molecule has 1 aromatic carbocycles. The lowest BCUT2D eigenvalue weighted by molar-refractivity contribution is -0.521. The zero-order valence-electron chi connectivity index (χ0n) is 20.8. The molecule has 13 nitrogen and oxygen atoms in total. The number of likely N-dealkylation sites (tertiary alicyclic amines) is 1. The van der Waals surface area contributed by atoms with Crippen molar-refractivity contribution in [3.63, 3.8) is 0 Å². The Morgan fingerprint density at radius 3 is 2.64 bits per heavy atom. The van der Waals surface area contributed by atoms with Crippen molar-refractivity contribution in [3.8, 4) is 0 Å². The van der Waals surface area contributed by atoms with Gasteiger partial charge in [0.2, 0.25) is 17.6 Å². The molecule has 2 unspecified atom stereocenters. The lowest BCUT2D eigenvalue weighted by Crippen LogP contribution is -2.90. The smallest absolute Gasteiger partial charge is 0.343 e. The Morgan fingerprint density at radius 1 is 1.21 bits per heavy atom. The Kier molecular flexibility index (Phi) is 5.43. The monoisotopic (exact) mass is 547 g/mol. The van der Waals surface area contributed by atoms with Crippen LogP contribution in [-0.4, -0.2) is 92.3 Å². The van der Waals surface area contributed by atoms with E-state index in [0.29, 0.717) is 0 Å². The molecule has 4 atom stereocenters. The van der Waals surface area contributed by atoms with Crippen LogP contribution < -0.4 is 27.1 Å². The molecule has 0 bridgehead atoms. The zero-order valence-corrected chi connectivity index (χ0v) is 20.8. The number of rotatable bonds is 4. The number of aliphatic imine (C=N–C) groups is 1. The second kappa shape index (κ2) is 8.32. The highest BCUT2D eigenvalue weighted by atomic mass is 19.3. The summed E-state index contributed by atoms with van der Waals surface area (Å²) in [6.45, 7) is -0.385. The molecule has 0 saturated carbocycles. The Labute approximate surface area is 220 Å². The third-order valence-corrected chi connectivity index (χ3v) is 8.45. The van der Waals surface area contributed by atoms with E-state index in [4.69, 9.17) is 11.5 Å². The van der Waals surface area contributed by atoms with Crippen LogP contribution in [0.25, 0.3) is 0 Å². The number of halogens is 2. The summed E-state index contributed by atoms with van der Waals surface area (Å²) in [5, 5.41) is 28.6. The first-order valence-electron chi connectivity index (χ1n) is 12.7. The fourth-order valence-electron chi connectivity index (χ4n) is 6.60. The van der Waals surface area contributed by atoms with Gasteiger partial charge in [0.25, 0.3) is 17.5 Å². The normalized spacial score (nSPS) is 32.2. The second-order valence-electron chi connectivity index (χ2n) is 10.6. The average molecular weight is 548 g/mol. The lowest BCUT2D eigenvalue weighted by Gasteiger charge is -2.46. The number of nitrogens with two attached hydrogens (primary N) is 2. The van der Waals surface area contributed by atoms with Crippen molar-refractivity contribution in [3.05, 3.63) is 34.9 Å². The fourth-order valence-corrected chi connectivity index (χ4v) is 6.60. The molecule has 4 aliphatic heterocycles.